The monoisotopic (exact) mass is 331 g/mol. The van der Waals surface area contributed by atoms with E-state index in [0.29, 0.717) is 5.92 Å². The SMILES string of the molecule is Cc1nn(C)c(CNCCC(C)CCC(=O)O)c1Br. The van der Waals surface area contributed by atoms with Crippen LogP contribution in [-0.2, 0) is 18.4 Å². The molecule has 1 atom stereocenters. The highest BCUT2D eigenvalue weighted by atomic mass is 79.9. The Morgan fingerprint density at radius 1 is 1.53 bits per heavy atom. The van der Waals surface area contributed by atoms with Crippen LogP contribution in [-0.4, -0.2) is 27.4 Å². The van der Waals surface area contributed by atoms with Crippen LogP contribution in [0.2, 0.25) is 0 Å². The van der Waals surface area contributed by atoms with E-state index >= 15 is 0 Å². The van der Waals surface area contributed by atoms with E-state index in [1.807, 2.05) is 18.7 Å². The van der Waals surface area contributed by atoms with Gasteiger partial charge in [-0.25, -0.2) is 0 Å². The molecule has 0 saturated carbocycles. The highest BCUT2D eigenvalue weighted by Gasteiger charge is 2.10. The van der Waals surface area contributed by atoms with Crippen molar-refractivity contribution in [3.8, 4) is 0 Å². The minimum atomic E-state index is -0.714. The topological polar surface area (TPSA) is 67.2 Å². The number of aromatic nitrogens is 2. The largest absolute Gasteiger partial charge is 0.481 e. The number of carbonyl (C=O) groups is 1. The van der Waals surface area contributed by atoms with Crippen LogP contribution in [0.4, 0.5) is 0 Å². The van der Waals surface area contributed by atoms with E-state index in [2.05, 4.69) is 33.3 Å². The number of carboxylic acid groups (broad SMARTS) is 1. The van der Waals surface area contributed by atoms with E-state index in [0.717, 1.165) is 41.8 Å². The number of nitrogens with one attached hydrogen (secondary N) is 1. The minimum absolute atomic E-state index is 0.258. The fraction of sp³-hybridized carbons (Fsp3) is 0.692. The third-order valence-electron chi connectivity index (χ3n) is 3.22. The second-order valence-corrected chi connectivity index (χ2v) is 5.77. The summed E-state index contributed by atoms with van der Waals surface area (Å²) >= 11 is 3.53. The minimum Gasteiger partial charge on any atom is -0.481 e. The molecular formula is C13H22BrN3O2. The predicted octanol–water partition coefficient (Wildman–Crippen LogP) is 2.47. The number of nitrogens with zero attached hydrogens (tertiary/aromatic N) is 2. The van der Waals surface area contributed by atoms with E-state index in [4.69, 9.17) is 5.11 Å². The molecule has 0 radical (unpaired) electrons. The van der Waals surface area contributed by atoms with Gasteiger partial charge in [0, 0.05) is 20.0 Å². The van der Waals surface area contributed by atoms with Gasteiger partial charge in [0.1, 0.15) is 0 Å². The van der Waals surface area contributed by atoms with Crippen molar-refractivity contribution in [3.05, 3.63) is 15.9 Å². The molecular weight excluding hydrogens is 310 g/mol. The molecule has 0 aliphatic rings. The lowest BCUT2D eigenvalue weighted by Crippen LogP contribution is -2.19. The van der Waals surface area contributed by atoms with Gasteiger partial charge in [-0.15, -0.1) is 0 Å². The van der Waals surface area contributed by atoms with Gasteiger partial charge in [-0.05, 0) is 48.2 Å². The van der Waals surface area contributed by atoms with Gasteiger partial charge in [-0.2, -0.15) is 5.10 Å². The number of hydrogen-bond donors (Lipinski definition) is 2. The Labute approximate surface area is 122 Å². The normalized spacial score (nSPS) is 12.6. The molecule has 0 aliphatic carbocycles. The molecule has 108 valence electrons. The van der Waals surface area contributed by atoms with Crippen molar-refractivity contribution in [2.45, 2.75) is 39.7 Å². The smallest absolute Gasteiger partial charge is 0.303 e. The summed E-state index contributed by atoms with van der Waals surface area (Å²) in [6.45, 7) is 5.72. The van der Waals surface area contributed by atoms with Crippen LogP contribution in [0.1, 0.15) is 37.6 Å². The lowest BCUT2D eigenvalue weighted by molar-refractivity contribution is -0.137. The maximum Gasteiger partial charge on any atom is 0.303 e. The summed E-state index contributed by atoms with van der Waals surface area (Å²) in [6, 6.07) is 0. The maximum absolute atomic E-state index is 10.5. The molecule has 6 heteroatoms. The summed E-state index contributed by atoms with van der Waals surface area (Å²) in [5.74, 6) is -0.283. The van der Waals surface area contributed by atoms with Gasteiger partial charge in [0.15, 0.2) is 0 Å². The molecule has 1 aromatic heterocycles. The van der Waals surface area contributed by atoms with Crippen molar-refractivity contribution < 1.29 is 9.90 Å². The molecule has 0 spiro atoms. The first-order chi connectivity index (χ1) is 8.91. The molecule has 0 fully saturated rings. The van der Waals surface area contributed by atoms with E-state index in [1.54, 1.807) is 0 Å². The van der Waals surface area contributed by atoms with E-state index in [1.165, 1.54) is 0 Å². The number of rotatable bonds is 8. The zero-order valence-corrected chi connectivity index (χ0v) is 13.3. The highest BCUT2D eigenvalue weighted by Crippen LogP contribution is 2.19. The van der Waals surface area contributed by atoms with Crippen LogP contribution >= 0.6 is 15.9 Å². The quantitative estimate of drug-likeness (QED) is 0.718. The molecule has 19 heavy (non-hydrogen) atoms. The first-order valence-electron chi connectivity index (χ1n) is 6.52. The third-order valence-corrected chi connectivity index (χ3v) is 4.25. The number of hydrogen-bond acceptors (Lipinski definition) is 3. The molecule has 0 aliphatic heterocycles. The van der Waals surface area contributed by atoms with Gasteiger partial charge in [0.25, 0.3) is 0 Å². The fourth-order valence-electron chi connectivity index (χ4n) is 1.94. The lowest BCUT2D eigenvalue weighted by atomic mass is 10.0. The van der Waals surface area contributed by atoms with Gasteiger partial charge >= 0.3 is 5.97 Å². The molecule has 0 saturated heterocycles. The molecule has 1 rings (SSSR count). The molecule has 1 unspecified atom stereocenters. The zero-order chi connectivity index (χ0) is 14.4. The van der Waals surface area contributed by atoms with Crippen LogP contribution in [0.3, 0.4) is 0 Å². The summed E-state index contributed by atoms with van der Waals surface area (Å²) in [4.78, 5) is 10.5. The van der Waals surface area contributed by atoms with Crippen LogP contribution in [0.25, 0.3) is 0 Å². The number of carboxylic acids is 1. The second-order valence-electron chi connectivity index (χ2n) is 4.97. The van der Waals surface area contributed by atoms with Crippen LogP contribution < -0.4 is 5.32 Å². The molecule has 2 N–H and O–H groups in total. The molecule has 5 nitrogen and oxygen atoms in total. The Hall–Kier alpha value is -0.880. The maximum atomic E-state index is 10.5. The van der Waals surface area contributed by atoms with Gasteiger partial charge in [-0.1, -0.05) is 6.92 Å². The van der Waals surface area contributed by atoms with Gasteiger partial charge < -0.3 is 10.4 Å². The Balaban J connectivity index is 2.25. The Morgan fingerprint density at radius 2 is 2.21 bits per heavy atom. The summed E-state index contributed by atoms with van der Waals surface area (Å²) in [5.41, 5.74) is 2.13. The average molecular weight is 332 g/mol. The van der Waals surface area contributed by atoms with Crippen molar-refractivity contribution in [3.63, 3.8) is 0 Å². The van der Waals surface area contributed by atoms with Crippen molar-refractivity contribution in [1.29, 1.82) is 0 Å². The molecule has 0 bridgehead atoms. The molecule has 1 heterocycles. The first kappa shape index (κ1) is 16.2. The van der Waals surface area contributed by atoms with Crippen LogP contribution in [0, 0.1) is 12.8 Å². The summed E-state index contributed by atoms with van der Waals surface area (Å²) in [6.07, 6.45) is 1.99. The van der Waals surface area contributed by atoms with Gasteiger partial charge in [0.05, 0.1) is 15.9 Å². The average Bonchev–Trinajstić information content (AvgIpc) is 2.57. The molecule has 0 aromatic carbocycles. The molecule has 1 aromatic rings. The van der Waals surface area contributed by atoms with Crippen molar-refractivity contribution in [1.82, 2.24) is 15.1 Å². The zero-order valence-electron chi connectivity index (χ0n) is 11.7. The van der Waals surface area contributed by atoms with Gasteiger partial charge in [0.2, 0.25) is 0 Å². The molecule has 0 amide bonds. The first-order valence-corrected chi connectivity index (χ1v) is 7.31. The summed E-state index contributed by atoms with van der Waals surface area (Å²) < 4.78 is 2.93. The van der Waals surface area contributed by atoms with Crippen LogP contribution in [0.15, 0.2) is 4.47 Å². The standard InChI is InChI=1S/C13H22BrN3O2/c1-9(4-5-12(18)19)6-7-15-8-11-13(14)10(2)16-17(11)3/h9,15H,4-8H2,1-3H3,(H,18,19). The van der Waals surface area contributed by atoms with E-state index < -0.39 is 5.97 Å². The summed E-state index contributed by atoms with van der Waals surface area (Å²) in [7, 11) is 1.93. The second kappa shape index (κ2) is 7.65. The van der Waals surface area contributed by atoms with Gasteiger partial charge in [-0.3, -0.25) is 9.48 Å². The number of halogens is 1. The lowest BCUT2D eigenvalue weighted by Gasteiger charge is -2.11. The highest BCUT2D eigenvalue weighted by molar-refractivity contribution is 9.10. The van der Waals surface area contributed by atoms with Crippen LogP contribution in [0.5, 0.6) is 0 Å². The Bertz CT molecular complexity index is 432. The van der Waals surface area contributed by atoms with Crippen molar-refractivity contribution in [2.75, 3.05) is 6.54 Å². The number of aryl methyl sites for hydroxylation is 2. The fourth-order valence-corrected chi connectivity index (χ4v) is 2.42. The summed E-state index contributed by atoms with van der Waals surface area (Å²) in [5, 5.41) is 16.3. The Kier molecular flexibility index (Phi) is 6.51. The third kappa shape index (κ3) is 5.32. The van der Waals surface area contributed by atoms with Crippen molar-refractivity contribution >= 4 is 21.9 Å². The Morgan fingerprint density at radius 3 is 2.74 bits per heavy atom. The van der Waals surface area contributed by atoms with E-state index in [9.17, 15) is 4.79 Å². The van der Waals surface area contributed by atoms with Crippen molar-refractivity contribution in [2.24, 2.45) is 13.0 Å². The van der Waals surface area contributed by atoms with E-state index in [-0.39, 0.29) is 6.42 Å². The predicted molar refractivity (Wildman–Crippen MR) is 78.0 cm³/mol. The number of aliphatic carboxylic acids is 1.